The Morgan fingerprint density at radius 2 is 1.34 bits per heavy atom. The normalized spacial score (nSPS) is 30.5. The molecule has 0 nitrogen and oxygen atoms in total. The lowest BCUT2D eigenvalue weighted by Gasteiger charge is -2.47. The monoisotopic (exact) mass is 432 g/mol. The minimum atomic E-state index is 0.468. The van der Waals surface area contributed by atoms with Crippen molar-refractivity contribution >= 4 is 0 Å². The van der Waals surface area contributed by atoms with Crippen molar-refractivity contribution in [1.29, 1.82) is 0 Å². The lowest BCUT2D eigenvalue weighted by atomic mass is 9.57. The first-order valence-corrected chi connectivity index (χ1v) is 14.0. The van der Waals surface area contributed by atoms with Crippen LogP contribution in [-0.2, 0) is 11.8 Å². The lowest BCUT2D eigenvalue weighted by molar-refractivity contribution is 0.128. The van der Waals surface area contributed by atoms with E-state index < -0.39 is 0 Å². The van der Waals surface area contributed by atoms with Crippen LogP contribution in [0.1, 0.15) is 114 Å². The van der Waals surface area contributed by atoms with Gasteiger partial charge in [-0.3, -0.25) is 0 Å². The van der Waals surface area contributed by atoms with Crippen LogP contribution >= 0.6 is 0 Å². The van der Waals surface area contributed by atoms with Crippen LogP contribution in [-0.4, -0.2) is 0 Å². The quantitative estimate of drug-likeness (QED) is 0.341. The zero-order chi connectivity index (χ0) is 22.2. The van der Waals surface area contributed by atoms with Gasteiger partial charge in [0, 0.05) is 0 Å². The van der Waals surface area contributed by atoms with E-state index in [1.807, 2.05) is 0 Å². The van der Waals surface area contributed by atoms with E-state index in [4.69, 9.17) is 0 Å². The van der Waals surface area contributed by atoms with Gasteiger partial charge in [0.25, 0.3) is 0 Å². The molecular formula is C32H48. The summed E-state index contributed by atoms with van der Waals surface area (Å²) in [5.41, 5.74) is 3.79. The summed E-state index contributed by atoms with van der Waals surface area (Å²) in [6, 6.07) is 9.98. The smallest absolute Gasteiger partial charge is 0.00186 e. The molecule has 0 spiro atoms. The number of aryl methyl sites for hydroxylation is 1. The van der Waals surface area contributed by atoms with Crippen molar-refractivity contribution in [3.63, 3.8) is 0 Å². The molecule has 0 N–H and O–H groups in total. The predicted molar refractivity (Wildman–Crippen MR) is 140 cm³/mol. The Kier molecular flexibility index (Phi) is 8.73. The molecule has 4 rings (SSSR count). The molecule has 3 aliphatic carbocycles. The summed E-state index contributed by atoms with van der Waals surface area (Å²) in [6.07, 6.45) is 28.0. The number of hydrogen-bond acceptors (Lipinski definition) is 0. The van der Waals surface area contributed by atoms with E-state index in [2.05, 4.69) is 49.6 Å². The summed E-state index contributed by atoms with van der Waals surface area (Å²) in [6.45, 7) is 7.94. The van der Waals surface area contributed by atoms with Gasteiger partial charge in [0.05, 0.1) is 0 Å². The molecule has 3 fully saturated rings. The average molecular weight is 433 g/mol. The topological polar surface area (TPSA) is 0 Å². The third-order valence-corrected chi connectivity index (χ3v) is 9.68. The maximum Gasteiger partial charge on any atom is -0.00186 e. The highest BCUT2D eigenvalue weighted by Gasteiger charge is 2.42. The standard InChI is InChI=1S/C32H48/c1-3-9-26-13-15-28(16-14-26)17-18-29-11-8-12-31(25-29)32(23-6-5-7-24-32)30-21-19-27(10-4-2)20-22-30/h3-4,8,11-12,25-28,30H,1-2,5-7,9-10,13-24H2. The number of allylic oxidation sites excluding steroid dienone is 2. The van der Waals surface area contributed by atoms with E-state index in [9.17, 15) is 0 Å². The van der Waals surface area contributed by atoms with Crippen LogP contribution in [0.3, 0.4) is 0 Å². The second-order valence-corrected chi connectivity index (χ2v) is 11.6. The zero-order valence-corrected chi connectivity index (χ0v) is 20.7. The van der Waals surface area contributed by atoms with Crippen molar-refractivity contribution < 1.29 is 0 Å². The van der Waals surface area contributed by atoms with Crippen LogP contribution in [0, 0.1) is 23.7 Å². The van der Waals surface area contributed by atoms with Crippen molar-refractivity contribution in [2.45, 2.75) is 115 Å². The van der Waals surface area contributed by atoms with Gasteiger partial charge in [0.1, 0.15) is 0 Å². The van der Waals surface area contributed by atoms with Crippen molar-refractivity contribution in [1.82, 2.24) is 0 Å². The fourth-order valence-electron chi connectivity index (χ4n) is 7.70. The van der Waals surface area contributed by atoms with Crippen LogP contribution in [0.2, 0.25) is 0 Å². The molecule has 3 aliphatic rings. The Morgan fingerprint density at radius 1 is 0.750 bits per heavy atom. The largest absolute Gasteiger partial charge is 0.103 e. The highest BCUT2D eigenvalue weighted by Crippen LogP contribution is 2.51. The zero-order valence-electron chi connectivity index (χ0n) is 20.7. The fraction of sp³-hybridized carbons (Fsp3) is 0.688. The lowest BCUT2D eigenvalue weighted by Crippen LogP contribution is -2.39. The molecule has 0 bridgehead atoms. The highest BCUT2D eigenvalue weighted by molar-refractivity contribution is 5.32. The highest BCUT2D eigenvalue weighted by atomic mass is 14.5. The Labute approximate surface area is 199 Å². The minimum absolute atomic E-state index is 0.468. The first-order chi connectivity index (χ1) is 15.7. The number of benzene rings is 1. The molecule has 0 amide bonds. The van der Waals surface area contributed by atoms with Gasteiger partial charge < -0.3 is 0 Å². The summed E-state index contributed by atoms with van der Waals surface area (Å²) in [5.74, 6) is 3.67. The third-order valence-electron chi connectivity index (χ3n) is 9.68. The molecule has 32 heavy (non-hydrogen) atoms. The molecule has 0 aliphatic heterocycles. The Bertz CT molecular complexity index is 705. The SMILES string of the molecule is C=CCC1CCC(CCc2cccc(C3(C4CCC(CC=C)CC4)CCCCC3)c2)CC1. The summed E-state index contributed by atoms with van der Waals surface area (Å²) < 4.78 is 0. The summed E-state index contributed by atoms with van der Waals surface area (Å²) >= 11 is 0. The van der Waals surface area contributed by atoms with E-state index in [1.165, 1.54) is 109 Å². The van der Waals surface area contributed by atoms with Crippen LogP contribution < -0.4 is 0 Å². The molecule has 3 saturated carbocycles. The number of hydrogen-bond donors (Lipinski definition) is 0. The molecule has 1 aromatic rings. The van der Waals surface area contributed by atoms with Crippen molar-refractivity contribution in [3.8, 4) is 0 Å². The molecule has 0 radical (unpaired) electrons. The van der Waals surface area contributed by atoms with Crippen LogP contribution in [0.15, 0.2) is 49.6 Å². The maximum absolute atomic E-state index is 3.99. The van der Waals surface area contributed by atoms with E-state index >= 15 is 0 Å². The summed E-state index contributed by atoms with van der Waals surface area (Å²) in [5, 5.41) is 0. The second kappa shape index (κ2) is 11.7. The van der Waals surface area contributed by atoms with Crippen LogP contribution in [0.4, 0.5) is 0 Å². The van der Waals surface area contributed by atoms with E-state index in [1.54, 1.807) is 11.1 Å². The van der Waals surface area contributed by atoms with Gasteiger partial charge in [0.15, 0.2) is 0 Å². The van der Waals surface area contributed by atoms with Gasteiger partial charge >= 0.3 is 0 Å². The average Bonchev–Trinajstić information content (AvgIpc) is 2.85. The van der Waals surface area contributed by atoms with Gasteiger partial charge in [-0.25, -0.2) is 0 Å². The first-order valence-electron chi connectivity index (χ1n) is 14.0. The molecule has 0 saturated heterocycles. The van der Waals surface area contributed by atoms with Crippen molar-refractivity contribution in [2.24, 2.45) is 23.7 Å². The molecule has 0 aromatic heterocycles. The summed E-state index contributed by atoms with van der Waals surface area (Å²) in [4.78, 5) is 0. The van der Waals surface area contributed by atoms with Crippen molar-refractivity contribution in [2.75, 3.05) is 0 Å². The van der Waals surface area contributed by atoms with E-state index in [0.717, 1.165) is 23.7 Å². The molecule has 176 valence electrons. The molecule has 0 unspecified atom stereocenters. The first kappa shape index (κ1) is 23.8. The molecular weight excluding hydrogens is 384 g/mol. The van der Waals surface area contributed by atoms with E-state index in [-0.39, 0.29) is 0 Å². The van der Waals surface area contributed by atoms with Crippen LogP contribution in [0.5, 0.6) is 0 Å². The van der Waals surface area contributed by atoms with Gasteiger partial charge in [-0.1, -0.05) is 68.5 Å². The Balaban J connectivity index is 1.40. The third kappa shape index (κ3) is 5.78. The van der Waals surface area contributed by atoms with Gasteiger partial charge in [-0.05, 0) is 117 Å². The molecule has 1 aromatic carbocycles. The Morgan fingerprint density at radius 3 is 1.97 bits per heavy atom. The predicted octanol–water partition coefficient (Wildman–Crippen LogP) is 9.59. The Hall–Kier alpha value is -1.30. The van der Waals surface area contributed by atoms with Gasteiger partial charge in [-0.2, -0.15) is 0 Å². The van der Waals surface area contributed by atoms with Gasteiger partial charge in [-0.15, -0.1) is 13.2 Å². The van der Waals surface area contributed by atoms with Crippen LogP contribution in [0.25, 0.3) is 0 Å². The summed E-state index contributed by atoms with van der Waals surface area (Å²) in [7, 11) is 0. The van der Waals surface area contributed by atoms with Crippen molar-refractivity contribution in [3.05, 3.63) is 60.7 Å². The van der Waals surface area contributed by atoms with Gasteiger partial charge in [0.2, 0.25) is 0 Å². The maximum atomic E-state index is 3.99. The molecule has 0 heteroatoms. The fourth-order valence-corrected chi connectivity index (χ4v) is 7.70. The van der Waals surface area contributed by atoms with E-state index in [0.29, 0.717) is 5.41 Å². The second-order valence-electron chi connectivity index (χ2n) is 11.6. The minimum Gasteiger partial charge on any atom is -0.103 e. The molecule has 0 atom stereocenters. The number of rotatable bonds is 9. The molecule has 0 heterocycles.